The van der Waals surface area contributed by atoms with Crippen LogP contribution in [0, 0.1) is 5.92 Å². The van der Waals surface area contributed by atoms with E-state index in [1.165, 1.54) is 0 Å². The molecular formula is C10H16F3NO. The maximum atomic E-state index is 11.8. The number of carbonyl (C=O) groups excluding carboxylic acids is 1. The van der Waals surface area contributed by atoms with Crippen LogP contribution in [-0.4, -0.2) is 25.0 Å². The Kier molecular flexibility index (Phi) is 4.57. The topological polar surface area (TPSA) is 29.1 Å². The van der Waals surface area contributed by atoms with Gasteiger partial charge in [-0.1, -0.05) is 0 Å². The molecule has 1 aliphatic rings. The predicted octanol–water partition coefficient (Wildman–Crippen LogP) is 2.29. The molecule has 88 valence electrons. The largest absolute Gasteiger partial charge is 0.389 e. The van der Waals surface area contributed by atoms with Crippen LogP contribution in [0.2, 0.25) is 0 Å². The molecule has 1 N–H and O–H groups in total. The zero-order chi connectivity index (χ0) is 11.3. The molecule has 0 unspecified atom stereocenters. The van der Waals surface area contributed by atoms with Gasteiger partial charge >= 0.3 is 6.18 Å². The van der Waals surface area contributed by atoms with Crippen LogP contribution >= 0.6 is 0 Å². The minimum absolute atomic E-state index is 0.251. The summed E-state index contributed by atoms with van der Waals surface area (Å²) in [5.74, 6) is 0.0335. The summed E-state index contributed by atoms with van der Waals surface area (Å²) in [6.07, 6.45) is -3.42. The van der Waals surface area contributed by atoms with E-state index in [9.17, 15) is 18.0 Å². The molecule has 15 heavy (non-hydrogen) atoms. The number of hydrogen-bond donors (Lipinski definition) is 1. The molecule has 1 fully saturated rings. The van der Waals surface area contributed by atoms with Crippen molar-refractivity contribution in [1.29, 1.82) is 0 Å². The molecule has 0 radical (unpaired) electrons. The smallest absolute Gasteiger partial charge is 0.317 e. The molecular weight excluding hydrogens is 207 g/mol. The van der Waals surface area contributed by atoms with Gasteiger partial charge in [-0.2, -0.15) is 13.2 Å². The number of hydrogen-bond acceptors (Lipinski definition) is 2. The summed E-state index contributed by atoms with van der Waals surface area (Å²) in [7, 11) is 0. The number of Topliss-reactive ketones (excluding diaryl/α,β-unsaturated/α-hetero) is 1. The molecule has 0 aliphatic carbocycles. The summed E-state index contributed by atoms with van der Waals surface area (Å²) < 4.78 is 35.5. The fraction of sp³-hybridized carbons (Fsp3) is 0.900. The quantitative estimate of drug-likeness (QED) is 0.792. The molecule has 0 amide bonds. The minimum Gasteiger partial charge on any atom is -0.317 e. The van der Waals surface area contributed by atoms with E-state index in [0.29, 0.717) is 6.42 Å². The molecule has 0 saturated carbocycles. The van der Waals surface area contributed by atoms with E-state index in [-0.39, 0.29) is 18.1 Å². The number of halogens is 3. The summed E-state index contributed by atoms with van der Waals surface area (Å²) in [5, 5.41) is 3.15. The zero-order valence-electron chi connectivity index (χ0n) is 8.57. The van der Waals surface area contributed by atoms with Crippen molar-refractivity contribution in [1.82, 2.24) is 5.32 Å². The van der Waals surface area contributed by atoms with E-state index in [1.807, 2.05) is 0 Å². The maximum Gasteiger partial charge on any atom is 0.389 e. The van der Waals surface area contributed by atoms with Gasteiger partial charge < -0.3 is 5.32 Å². The third-order valence-electron chi connectivity index (χ3n) is 2.66. The fourth-order valence-corrected chi connectivity index (χ4v) is 1.79. The molecule has 0 aromatic carbocycles. The average Bonchev–Trinajstić information content (AvgIpc) is 2.15. The van der Waals surface area contributed by atoms with Crippen LogP contribution in [-0.2, 0) is 4.79 Å². The van der Waals surface area contributed by atoms with Crippen molar-refractivity contribution in [2.45, 2.75) is 38.3 Å². The van der Waals surface area contributed by atoms with Crippen molar-refractivity contribution >= 4 is 5.78 Å². The van der Waals surface area contributed by atoms with Crippen LogP contribution in [0.1, 0.15) is 32.1 Å². The highest BCUT2D eigenvalue weighted by Crippen LogP contribution is 2.23. The first kappa shape index (κ1) is 12.5. The van der Waals surface area contributed by atoms with Gasteiger partial charge in [-0.25, -0.2) is 0 Å². The predicted molar refractivity (Wildman–Crippen MR) is 50.5 cm³/mol. The van der Waals surface area contributed by atoms with Crippen LogP contribution in [0.25, 0.3) is 0 Å². The Labute approximate surface area is 87.2 Å². The van der Waals surface area contributed by atoms with Gasteiger partial charge in [-0.15, -0.1) is 0 Å². The number of piperidine rings is 1. The van der Waals surface area contributed by atoms with Crippen LogP contribution in [0.3, 0.4) is 0 Å². The molecule has 0 aromatic heterocycles. The fourth-order valence-electron chi connectivity index (χ4n) is 1.79. The molecule has 1 rings (SSSR count). The summed E-state index contributed by atoms with van der Waals surface area (Å²) in [6.45, 7) is 1.74. The second-order valence-electron chi connectivity index (χ2n) is 4.05. The molecule has 0 atom stereocenters. The Bertz CT molecular complexity index is 209. The molecule has 5 heteroatoms. The van der Waals surface area contributed by atoms with Crippen molar-refractivity contribution in [2.24, 2.45) is 5.92 Å². The summed E-state index contributed by atoms with van der Waals surface area (Å²) >= 11 is 0. The van der Waals surface area contributed by atoms with Crippen molar-refractivity contribution in [2.75, 3.05) is 13.1 Å². The first-order valence-electron chi connectivity index (χ1n) is 5.26. The molecule has 0 spiro atoms. The Hall–Kier alpha value is -0.580. The van der Waals surface area contributed by atoms with E-state index >= 15 is 0 Å². The normalized spacial score (nSPS) is 19.1. The van der Waals surface area contributed by atoms with Gasteiger partial charge in [-0.05, 0) is 31.8 Å². The van der Waals surface area contributed by atoms with Crippen LogP contribution in [0.15, 0.2) is 0 Å². The van der Waals surface area contributed by atoms with Gasteiger partial charge in [0, 0.05) is 12.8 Å². The zero-order valence-corrected chi connectivity index (χ0v) is 8.57. The summed E-state index contributed by atoms with van der Waals surface area (Å²) in [4.78, 5) is 11.2. The van der Waals surface area contributed by atoms with Crippen molar-refractivity contribution < 1.29 is 18.0 Å². The second-order valence-corrected chi connectivity index (χ2v) is 4.05. The van der Waals surface area contributed by atoms with E-state index in [0.717, 1.165) is 25.9 Å². The molecule has 0 aromatic rings. The van der Waals surface area contributed by atoms with Gasteiger partial charge in [-0.3, -0.25) is 4.79 Å². The highest BCUT2D eigenvalue weighted by atomic mass is 19.4. The second kappa shape index (κ2) is 5.49. The maximum absolute atomic E-state index is 11.8. The summed E-state index contributed by atoms with van der Waals surface area (Å²) in [6, 6.07) is 0. The van der Waals surface area contributed by atoms with E-state index in [1.54, 1.807) is 0 Å². The SMILES string of the molecule is O=C(CCC(F)(F)F)CC1CCNCC1. The number of carbonyl (C=O) groups is 1. The van der Waals surface area contributed by atoms with Crippen molar-refractivity contribution in [3.05, 3.63) is 0 Å². The third-order valence-corrected chi connectivity index (χ3v) is 2.66. The lowest BCUT2D eigenvalue weighted by atomic mass is 9.91. The van der Waals surface area contributed by atoms with Gasteiger partial charge in [0.1, 0.15) is 5.78 Å². The number of rotatable bonds is 4. The number of alkyl halides is 3. The minimum atomic E-state index is -4.20. The lowest BCUT2D eigenvalue weighted by Gasteiger charge is -2.21. The lowest BCUT2D eigenvalue weighted by molar-refractivity contribution is -0.143. The Morgan fingerprint density at radius 1 is 1.27 bits per heavy atom. The van der Waals surface area contributed by atoms with Crippen LogP contribution in [0.5, 0.6) is 0 Å². The van der Waals surface area contributed by atoms with Crippen molar-refractivity contribution in [3.8, 4) is 0 Å². The monoisotopic (exact) mass is 223 g/mol. The first-order valence-corrected chi connectivity index (χ1v) is 5.26. The van der Waals surface area contributed by atoms with Crippen molar-refractivity contribution in [3.63, 3.8) is 0 Å². The highest BCUT2D eigenvalue weighted by Gasteiger charge is 2.28. The van der Waals surface area contributed by atoms with Gasteiger partial charge in [0.15, 0.2) is 0 Å². The molecule has 1 heterocycles. The highest BCUT2D eigenvalue weighted by molar-refractivity contribution is 5.78. The Morgan fingerprint density at radius 3 is 2.40 bits per heavy atom. The number of nitrogens with one attached hydrogen (secondary N) is 1. The standard InChI is InChI=1S/C10H16F3NO/c11-10(12,13)4-1-9(15)7-8-2-5-14-6-3-8/h8,14H,1-7H2. The number of ketones is 1. The van der Waals surface area contributed by atoms with Crippen LogP contribution < -0.4 is 5.32 Å². The summed E-state index contributed by atoms with van der Waals surface area (Å²) in [5.41, 5.74) is 0. The van der Waals surface area contributed by atoms with Gasteiger partial charge in [0.05, 0.1) is 6.42 Å². The first-order chi connectivity index (χ1) is 6.97. The van der Waals surface area contributed by atoms with Gasteiger partial charge in [0.2, 0.25) is 0 Å². The van der Waals surface area contributed by atoms with Gasteiger partial charge in [0.25, 0.3) is 0 Å². The van der Waals surface area contributed by atoms with E-state index in [4.69, 9.17) is 0 Å². The Balaban J connectivity index is 2.17. The lowest BCUT2D eigenvalue weighted by Crippen LogP contribution is -2.29. The molecule has 1 saturated heterocycles. The van der Waals surface area contributed by atoms with E-state index < -0.39 is 12.6 Å². The molecule has 1 aliphatic heterocycles. The van der Waals surface area contributed by atoms with E-state index in [2.05, 4.69) is 5.32 Å². The van der Waals surface area contributed by atoms with Crippen LogP contribution in [0.4, 0.5) is 13.2 Å². The average molecular weight is 223 g/mol. The Morgan fingerprint density at radius 2 is 1.87 bits per heavy atom. The molecule has 2 nitrogen and oxygen atoms in total. The third kappa shape index (κ3) is 5.77. The molecule has 0 bridgehead atoms.